The molecule has 148 valence electrons. The summed E-state index contributed by atoms with van der Waals surface area (Å²) in [5.41, 5.74) is 10.3. The molecule has 0 radical (unpaired) electrons. The van der Waals surface area contributed by atoms with E-state index in [-0.39, 0.29) is 12.1 Å². The average molecular weight is 380 g/mol. The summed E-state index contributed by atoms with van der Waals surface area (Å²) in [6.07, 6.45) is 2.66. The topological polar surface area (TPSA) is 80.0 Å². The van der Waals surface area contributed by atoms with Crippen molar-refractivity contribution in [2.45, 2.75) is 39.2 Å². The maximum absolute atomic E-state index is 12.8. The second-order valence-corrected chi connectivity index (χ2v) is 7.08. The van der Waals surface area contributed by atoms with Gasteiger partial charge in [-0.15, -0.1) is 0 Å². The van der Waals surface area contributed by atoms with Gasteiger partial charge in [0.2, 0.25) is 0 Å². The average Bonchev–Trinajstić information content (AvgIpc) is 2.84. The third-order valence-electron chi connectivity index (χ3n) is 4.91. The van der Waals surface area contributed by atoms with E-state index < -0.39 is 0 Å². The van der Waals surface area contributed by atoms with Gasteiger partial charge in [0.15, 0.2) is 0 Å². The number of hydrogen-bond acceptors (Lipinski definition) is 4. The minimum absolute atomic E-state index is 0.0845. The lowest BCUT2D eigenvalue weighted by Crippen LogP contribution is -2.42. The Kier molecular flexibility index (Phi) is 6.19. The van der Waals surface area contributed by atoms with Gasteiger partial charge in [0, 0.05) is 23.4 Å². The van der Waals surface area contributed by atoms with Crippen LogP contribution in [0.3, 0.4) is 0 Å². The van der Waals surface area contributed by atoms with Gasteiger partial charge >= 0.3 is 6.03 Å². The SMILES string of the molecule is CCCCNC(=O)N1N=C(c2ccc(N)cc2)c2ccc(OC)cc2CC1C. The van der Waals surface area contributed by atoms with Gasteiger partial charge in [-0.1, -0.05) is 25.5 Å². The molecule has 0 saturated heterocycles. The van der Waals surface area contributed by atoms with E-state index in [1.807, 2.05) is 49.4 Å². The van der Waals surface area contributed by atoms with E-state index in [0.29, 0.717) is 18.7 Å². The number of rotatable bonds is 5. The molecule has 1 aliphatic heterocycles. The van der Waals surface area contributed by atoms with Gasteiger partial charge in [-0.3, -0.25) is 0 Å². The van der Waals surface area contributed by atoms with Crippen LogP contribution in [-0.2, 0) is 6.42 Å². The van der Waals surface area contributed by atoms with Crippen molar-refractivity contribution in [2.75, 3.05) is 19.4 Å². The van der Waals surface area contributed by atoms with Crippen molar-refractivity contribution in [1.29, 1.82) is 0 Å². The van der Waals surface area contributed by atoms with E-state index in [1.165, 1.54) is 0 Å². The first-order chi connectivity index (χ1) is 13.5. The van der Waals surface area contributed by atoms with Gasteiger partial charge in [-0.25, -0.2) is 9.80 Å². The molecule has 0 aromatic heterocycles. The quantitative estimate of drug-likeness (QED) is 0.612. The Bertz CT molecular complexity index is 861. The van der Waals surface area contributed by atoms with Crippen molar-refractivity contribution < 1.29 is 9.53 Å². The van der Waals surface area contributed by atoms with Gasteiger partial charge in [0.25, 0.3) is 0 Å². The first-order valence-corrected chi connectivity index (χ1v) is 9.72. The van der Waals surface area contributed by atoms with Gasteiger partial charge in [0.05, 0.1) is 18.9 Å². The van der Waals surface area contributed by atoms with Crippen LogP contribution in [0.2, 0.25) is 0 Å². The summed E-state index contributed by atoms with van der Waals surface area (Å²) in [5, 5.41) is 9.33. The number of unbranched alkanes of at least 4 members (excludes halogenated alkanes) is 1. The minimum Gasteiger partial charge on any atom is -0.497 e. The first kappa shape index (κ1) is 19.7. The summed E-state index contributed by atoms with van der Waals surface area (Å²) < 4.78 is 5.40. The molecule has 6 nitrogen and oxygen atoms in total. The second kappa shape index (κ2) is 8.78. The van der Waals surface area contributed by atoms with Crippen LogP contribution in [0.5, 0.6) is 5.75 Å². The summed E-state index contributed by atoms with van der Waals surface area (Å²) in [6, 6.07) is 13.3. The highest BCUT2D eigenvalue weighted by atomic mass is 16.5. The van der Waals surface area contributed by atoms with Gasteiger partial charge in [-0.2, -0.15) is 5.10 Å². The van der Waals surface area contributed by atoms with E-state index in [4.69, 9.17) is 15.6 Å². The van der Waals surface area contributed by atoms with E-state index in [1.54, 1.807) is 12.1 Å². The molecule has 28 heavy (non-hydrogen) atoms. The van der Waals surface area contributed by atoms with Crippen LogP contribution in [0.15, 0.2) is 47.6 Å². The molecule has 1 aliphatic rings. The number of fused-ring (bicyclic) bond motifs is 1. The molecule has 0 aliphatic carbocycles. The van der Waals surface area contributed by atoms with Crippen LogP contribution in [0.25, 0.3) is 0 Å². The van der Waals surface area contributed by atoms with E-state index in [2.05, 4.69) is 12.2 Å². The number of carbonyl (C=O) groups excluding carboxylic acids is 1. The van der Waals surface area contributed by atoms with Gasteiger partial charge < -0.3 is 15.8 Å². The molecule has 6 heteroatoms. The summed E-state index contributed by atoms with van der Waals surface area (Å²) in [4.78, 5) is 12.8. The molecule has 0 fully saturated rings. The summed E-state index contributed by atoms with van der Waals surface area (Å²) >= 11 is 0. The largest absolute Gasteiger partial charge is 0.497 e. The van der Waals surface area contributed by atoms with E-state index >= 15 is 0 Å². The third kappa shape index (κ3) is 4.27. The number of carbonyl (C=O) groups is 1. The summed E-state index contributed by atoms with van der Waals surface area (Å²) in [7, 11) is 1.66. The van der Waals surface area contributed by atoms with Gasteiger partial charge in [-0.05, 0) is 55.7 Å². The number of urea groups is 1. The van der Waals surface area contributed by atoms with Crippen LogP contribution >= 0.6 is 0 Å². The fourth-order valence-corrected chi connectivity index (χ4v) is 3.31. The van der Waals surface area contributed by atoms with E-state index in [0.717, 1.165) is 41.0 Å². The Labute approximate surface area is 166 Å². The normalized spacial score (nSPS) is 16.0. The minimum atomic E-state index is -0.173. The number of nitrogens with two attached hydrogens (primary N) is 1. The highest BCUT2D eigenvalue weighted by molar-refractivity contribution is 6.14. The summed E-state index contributed by atoms with van der Waals surface area (Å²) in [6.45, 7) is 4.76. The smallest absolute Gasteiger partial charge is 0.338 e. The lowest BCUT2D eigenvalue weighted by atomic mass is 9.94. The van der Waals surface area contributed by atoms with Crippen molar-refractivity contribution in [3.8, 4) is 5.75 Å². The van der Waals surface area contributed by atoms with Crippen molar-refractivity contribution >= 4 is 17.4 Å². The van der Waals surface area contributed by atoms with Crippen molar-refractivity contribution in [2.24, 2.45) is 5.10 Å². The fourth-order valence-electron chi connectivity index (χ4n) is 3.31. The predicted octanol–water partition coefficient (Wildman–Crippen LogP) is 3.79. The Morgan fingerprint density at radius 3 is 2.71 bits per heavy atom. The van der Waals surface area contributed by atoms with Crippen LogP contribution < -0.4 is 15.8 Å². The Morgan fingerprint density at radius 2 is 2.04 bits per heavy atom. The zero-order chi connectivity index (χ0) is 20.1. The molecule has 2 amide bonds. The van der Waals surface area contributed by atoms with Crippen LogP contribution in [0.4, 0.5) is 10.5 Å². The number of ether oxygens (including phenoxy) is 1. The number of hydrogen-bond donors (Lipinski definition) is 2. The molecule has 1 atom stereocenters. The number of nitrogens with zero attached hydrogens (tertiary/aromatic N) is 2. The molecular weight excluding hydrogens is 352 g/mol. The molecule has 3 rings (SSSR count). The highest BCUT2D eigenvalue weighted by Crippen LogP contribution is 2.27. The van der Waals surface area contributed by atoms with Gasteiger partial charge in [0.1, 0.15) is 5.75 Å². The number of nitrogens with one attached hydrogen (secondary N) is 1. The maximum atomic E-state index is 12.8. The van der Waals surface area contributed by atoms with Crippen molar-refractivity contribution in [3.05, 3.63) is 59.2 Å². The number of methoxy groups -OCH3 is 1. The molecule has 1 heterocycles. The molecule has 0 saturated carbocycles. The lowest BCUT2D eigenvalue weighted by molar-refractivity contribution is 0.182. The molecule has 0 bridgehead atoms. The fraction of sp³-hybridized carbons (Fsp3) is 0.364. The first-order valence-electron chi connectivity index (χ1n) is 9.72. The lowest BCUT2D eigenvalue weighted by Gasteiger charge is -2.23. The Hall–Kier alpha value is -3.02. The number of anilines is 1. The third-order valence-corrected chi connectivity index (χ3v) is 4.91. The maximum Gasteiger partial charge on any atom is 0.338 e. The standard InChI is InChI=1S/C22H28N4O2/c1-4-5-12-24-22(27)26-15(2)13-17-14-19(28-3)10-11-20(17)21(25-26)16-6-8-18(23)9-7-16/h6-11,14-15H,4-5,12-13,23H2,1-3H3,(H,24,27). The molecule has 1 unspecified atom stereocenters. The van der Waals surface area contributed by atoms with Crippen molar-refractivity contribution in [1.82, 2.24) is 10.3 Å². The molecule has 2 aromatic carbocycles. The molecule has 3 N–H and O–H groups in total. The number of nitrogen functional groups attached to an aromatic ring is 1. The molecule has 2 aromatic rings. The van der Waals surface area contributed by atoms with Crippen LogP contribution in [-0.4, -0.2) is 36.4 Å². The second-order valence-electron chi connectivity index (χ2n) is 7.08. The van der Waals surface area contributed by atoms with Crippen LogP contribution in [0.1, 0.15) is 43.4 Å². The Morgan fingerprint density at radius 1 is 1.29 bits per heavy atom. The summed E-state index contributed by atoms with van der Waals surface area (Å²) in [5.74, 6) is 0.795. The monoisotopic (exact) mass is 380 g/mol. The number of hydrazone groups is 1. The Balaban J connectivity index is 2.04. The molecule has 0 spiro atoms. The zero-order valence-electron chi connectivity index (χ0n) is 16.7. The van der Waals surface area contributed by atoms with Crippen molar-refractivity contribution in [3.63, 3.8) is 0 Å². The molecular formula is C22H28N4O2. The van der Waals surface area contributed by atoms with E-state index in [9.17, 15) is 4.79 Å². The van der Waals surface area contributed by atoms with Crippen LogP contribution in [0, 0.1) is 0 Å². The predicted molar refractivity (Wildman–Crippen MR) is 113 cm³/mol. The zero-order valence-corrected chi connectivity index (χ0v) is 16.7. The highest BCUT2D eigenvalue weighted by Gasteiger charge is 2.27. The number of benzene rings is 2. The number of amides is 2.